The molecule has 4 aromatic carbocycles. The summed E-state index contributed by atoms with van der Waals surface area (Å²) in [5.74, 6) is 1.12. The summed E-state index contributed by atoms with van der Waals surface area (Å²) in [7, 11) is -1.51. The number of methoxy groups -OCH3 is 2. The summed E-state index contributed by atoms with van der Waals surface area (Å²) in [6.07, 6.45) is -2.80. The average Bonchev–Trinajstić information content (AvgIpc) is 4.03. The Morgan fingerprint density at radius 2 is 1.43 bits per heavy atom. The van der Waals surface area contributed by atoms with Crippen LogP contribution in [0.1, 0.15) is 89.8 Å². The number of fused-ring (bicyclic) bond motifs is 1. The molecule has 1 amide bonds. The maximum absolute atomic E-state index is 13.2. The number of anilines is 1. The van der Waals surface area contributed by atoms with Crippen LogP contribution in [0.4, 0.5) is 16.4 Å². The van der Waals surface area contributed by atoms with Gasteiger partial charge in [0.1, 0.15) is 42.0 Å². The van der Waals surface area contributed by atoms with E-state index in [1.54, 1.807) is 37.2 Å². The number of nitro groups is 1. The van der Waals surface area contributed by atoms with Gasteiger partial charge in [0.2, 0.25) is 11.8 Å². The lowest BCUT2D eigenvalue weighted by Crippen LogP contribution is -2.50. The van der Waals surface area contributed by atoms with Crippen molar-refractivity contribution in [2.75, 3.05) is 46.0 Å². The molecule has 0 bridgehead atoms. The van der Waals surface area contributed by atoms with Crippen LogP contribution >= 0.6 is 8.53 Å². The number of nitrogens with one attached hydrogen (secondary N) is 1. The molecule has 5 atom stereocenters. The fourth-order valence-electron chi connectivity index (χ4n) is 9.12. The van der Waals surface area contributed by atoms with Gasteiger partial charge in [-0.05, 0) is 92.3 Å². The first-order chi connectivity index (χ1) is 38.7. The fraction of sp³-hybridized carbons (Fsp3) is 0.448. The number of ether oxygens (including phenoxy) is 6. The van der Waals surface area contributed by atoms with E-state index in [1.165, 1.54) is 12.1 Å². The summed E-state index contributed by atoms with van der Waals surface area (Å²) >= 11 is 0. The van der Waals surface area contributed by atoms with Crippen molar-refractivity contribution in [3.05, 3.63) is 142 Å². The third kappa shape index (κ3) is 14.7. The van der Waals surface area contributed by atoms with Crippen molar-refractivity contribution < 1.29 is 51.6 Å². The normalized spacial score (nSPS) is 17.0. The molecule has 0 saturated carbocycles. The Balaban J connectivity index is 1.42. The van der Waals surface area contributed by atoms with Gasteiger partial charge < -0.3 is 41.9 Å². The molecule has 1 fully saturated rings. The molecular formula is C58H72N9O12PSi. The van der Waals surface area contributed by atoms with Gasteiger partial charge in [-0.15, -0.1) is 0 Å². The fourth-order valence-corrected chi connectivity index (χ4v) is 12.2. The largest absolute Gasteiger partial charge is 0.497 e. The highest BCUT2D eigenvalue weighted by Gasteiger charge is 2.55. The molecule has 1 saturated heterocycles. The Hall–Kier alpha value is -7.11. The molecule has 1 N–H and O–H groups in total. The van der Waals surface area contributed by atoms with Crippen molar-refractivity contribution in [3.8, 4) is 29.5 Å². The number of amides is 1. The second kappa shape index (κ2) is 27.6. The number of carbonyl (C=O) groups is 1. The van der Waals surface area contributed by atoms with Crippen molar-refractivity contribution in [2.45, 2.75) is 128 Å². The highest BCUT2D eigenvalue weighted by molar-refractivity contribution is 7.44. The van der Waals surface area contributed by atoms with Gasteiger partial charge in [0.25, 0.3) is 14.2 Å². The van der Waals surface area contributed by atoms with E-state index in [2.05, 4.69) is 82.6 Å². The van der Waals surface area contributed by atoms with Crippen LogP contribution < -0.4 is 19.5 Å². The van der Waals surface area contributed by atoms with Crippen molar-refractivity contribution >= 4 is 45.7 Å². The van der Waals surface area contributed by atoms with Crippen molar-refractivity contribution in [3.63, 3.8) is 0 Å². The van der Waals surface area contributed by atoms with Crippen LogP contribution in [-0.2, 0) is 39.7 Å². The summed E-state index contributed by atoms with van der Waals surface area (Å²) in [6.45, 7) is 18.9. The molecule has 81 heavy (non-hydrogen) atoms. The molecular weight excluding hydrogens is 1070 g/mol. The molecule has 7 rings (SSSR count). The predicted molar refractivity (Wildman–Crippen MR) is 307 cm³/mol. The molecule has 1 aliphatic heterocycles. The van der Waals surface area contributed by atoms with Crippen LogP contribution in [0.3, 0.4) is 0 Å². The van der Waals surface area contributed by atoms with E-state index >= 15 is 0 Å². The Morgan fingerprint density at radius 3 is 1.99 bits per heavy atom. The van der Waals surface area contributed by atoms with Crippen LogP contribution in [0, 0.1) is 32.8 Å². The summed E-state index contributed by atoms with van der Waals surface area (Å²) in [5.41, 5.74) is 2.23. The van der Waals surface area contributed by atoms with E-state index in [9.17, 15) is 20.2 Å². The van der Waals surface area contributed by atoms with Crippen molar-refractivity contribution in [1.82, 2.24) is 24.2 Å². The second-order valence-corrected chi connectivity index (χ2v) is 27.4. The molecule has 1 aliphatic rings. The van der Waals surface area contributed by atoms with Crippen LogP contribution in [0.15, 0.2) is 109 Å². The van der Waals surface area contributed by atoms with Gasteiger partial charge in [0, 0.05) is 30.6 Å². The SMILES string of the molecule is COc1ccc(C(OC[C@H]2O[C@@H](n3cnc4c(OCCc5ccc([N+](=O)[O-])cc5)nc(NC(=O)OCCC#N)nc43)[C@H](O[Si](C)(C)C(C)(C)C)[C@@H]2OP(OCCC#N)N(C(C)C)C(C)C)(c2ccccc2)c2ccc(OC)cc2)cc1. The number of nitro benzene ring substituents is 1. The summed E-state index contributed by atoms with van der Waals surface area (Å²) in [4.78, 5) is 38.3. The number of carbonyl (C=O) groups excluding carboxylic acids is 1. The molecule has 0 aliphatic carbocycles. The maximum atomic E-state index is 13.2. The van der Waals surface area contributed by atoms with Crippen LogP contribution in [0.2, 0.25) is 18.1 Å². The number of benzene rings is 4. The minimum Gasteiger partial charge on any atom is -0.497 e. The number of nitrogens with zero attached hydrogens (tertiary/aromatic N) is 8. The van der Waals surface area contributed by atoms with Crippen molar-refractivity contribution in [2.24, 2.45) is 0 Å². The van der Waals surface area contributed by atoms with Gasteiger partial charge in [-0.3, -0.25) is 20.0 Å². The van der Waals surface area contributed by atoms with Gasteiger partial charge >= 0.3 is 6.09 Å². The zero-order chi connectivity index (χ0) is 58.5. The van der Waals surface area contributed by atoms with Gasteiger partial charge in [0.05, 0.1) is 70.3 Å². The smallest absolute Gasteiger partial charge is 0.414 e. The Bertz CT molecular complexity index is 3060. The Morgan fingerprint density at radius 1 is 0.840 bits per heavy atom. The molecule has 0 radical (unpaired) electrons. The topological polar surface area (TPSA) is 250 Å². The van der Waals surface area contributed by atoms with Gasteiger partial charge in [-0.1, -0.05) is 87.5 Å². The average molecular weight is 1150 g/mol. The quantitative estimate of drug-likeness (QED) is 0.0126. The lowest BCUT2D eigenvalue weighted by Gasteiger charge is -2.42. The summed E-state index contributed by atoms with van der Waals surface area (Å²) in [6, 6.07) is 35.6. The van der Waals surface area contributed by atoms with Gasteiger partial charge in [-0.25, -0.2) is 14.4 Å². The highest BCUT2D eigenvalue weighted by atomic mass is 31.2. The van der Waals surface area contributed by atoms with E-state index in [1.807, 2.05) is 84.9 Å². The molecule has 23 heteroatoms. The zero-order valence-corrected chi connectivity index (χ0v) is 49.6. The lowest BCUT2D eigenvalue weighted by atomic mass is 9.80. The third-order valence-corrected chi connectivity index (χ3v) is 20.7. The van der Waals surface area contributed by atoms with Gasteiger partial charge in [-0.2, -0.15) is 20.5 Å². The molecule has 0 spiro atoms. The van der Waals surface area contributed by atoms with Crippen LogP contribution in [0.5, 0.6) is 17.4 Å². The number of rotatable bonds is 27. The molecule has 3 heterocycles. The van der Waals surface area contributed by atoms with E-state index in [0.717, 1.165) is 22.3 Å². The molecule has 2 aromatic heterocycles. The first-order valence-electron chi connectivity index (χ1n) is 26.7. The second-order valence-electron chi connectivity index (χ2n) is 21.2. The third-order valence-electron chi connectivity index (χ3n) is 14.1. The monoisotopic (exact) mass is 1150 g/mol. The standard InChI is InChI=1S/C58H72N9O12PSi/c1-39(2)66(40(3)4)80(76-35-16-33-60)78-50-48(37-75-58(42-17-13-12-14-18-42,43-21-27-46(71-8)28-22-43)44-23-29-47(72-9)30-24-44)77-54(51(50)79-81(10,11)57(5,6)7)65-38-61-49-52(65)62-55(64-56(68)74-34-15-32-59)63-53(49)73-36-31-41-19-25-45(26-20-41)67(69)70/h12-14,17-30,38-40,48,50-51,54H,15-16,31,34-37H2,1-11H3,(H,62,63,64,68)/t48-,50-,51-,54-,80?/m1/s1. The van der Waals surface area contributed by atoms with E-state index in [0.29, 0.717) is 17.9 Å². The first kappa shape index (κ1) is 61.5. The maximum Gasteiger partial charge on any atom is 0.414 e. The van der Waals surface area contributed by atoms with E-state index in [-0.39, 0.29) is 85.1 Å². The summed E-state index contributed by atoms with van der Waals surface area (Å²) in [5, 5.41) is 32.5. The predicted octanol–water partition coefficient (Wildman–Crippen LogP) is 11.8. The number of non-ortho nitro benzene ring substituents is 1. The van der Waals surface area contributed by atoms with E-state index < -0.39 is 58.0 Å². The minimum absolute atomic E-state index is 0.00563. The Kier molecular flexibility index (Phi) is 20.9. The number of hydrogen-bond donors (Lipinski definition) is 1. The molecule has 6 aromatic rings. The highest BCUT2D eigenvalue weighted by Crippen LogP contribution is 2.53. The number of aromatic nitrogens is 4. The Labute approximate surface area is 475 Å². The number of nitriles is 2. The molecule has 430 valence electrons. The molecule has 21 nitrogen and oxygen atoms in total. The molecule has 1 unspecified atom stereocenters. The van der Waals surface area contributed by atoms with E-state index in [4.69, 9.17) is 57.1 Å². The lowest BCUT2D eigenvalue weighted by molar-refractivity contribution is -0.384. The number of hydrogen-bond acceptors (Lipinski definition) is 18. The van der Waals surface area contributed by atoms with Crippen molar-refractivity contribution in [1.29, 1.82) is 10.5 Å². The van der Waals surface area contributed by atoms with Crippen LogP contribution in [0.25, 0.3) is 11.2 Å². The van der Waals surface area contributed by atoms with Crippen LogP contribution in [-0.4, -0.2) is 115 Å². The minimum atomic E-state index is -2.81. The number of imidazole rings is 1. The van der Waals surface area contributed by atoms with Gasteiger partial charge in [0.15, 0.2) is 25.7 Å². The summed E-state index contributed by atoms with van der Waals surface area (Å²) < 4.78 is 63.4. The first-order valence-corrected chi connectivity index (χ1v) is 30.8. The zero-order valence-electron chi connectivity index (χ0n) is 47.7.